The van der Waals surface area contributed by atoms with Crippen molar-refractivity contribution in [1.82, 2.24) is 15.1 Å². The maximum atomic E-state index is 6.37. The highest BCUT2D eigenvalue weighted by atomic mass is 35.5. The number of nitrogens with one attached hydrogen (secondary N) is 1. The second kappa shape index (κ2) is 5.23. The molecule has 0 unspecified atom stereocenters. The molecule has 1 saturated heterocycles. The fourth-order valence-corrected chi connectivity index (χ4v) is 2.75. The van der Waals surface area contributed by atoms with Crippen molar-refractivity contribution in [3.63, 3.8) is 0 Å². The van der Waals surface area contributed by atoms with Gasteiger partial charge in [0.25, 0.3) is 0 Å². The molecule has 3 N–H and O–H groups in total. The van der Waals surface area contributed by atoms with Crippen LogP contribution in [0.2, 0.25) is 5.02 Å². The third-order valence-corrected chi connectivity index (χ3v) is 3.91. The second-order valence-electron chi connectivity index (χ2n) is 5.00. The highest BCUT2D eigenvalue weighted by Crippen LogP contribution is 2.26. The van der Waals surface area contributed by atoms with Crippen molar-refractivity contribution in [3.05, 3.63) is 34.9 Å². The Morgan fingerprint density at radius 1 is 1.26 bits per heavy atom. The van der Waals surface area contributed by atoms with Gasteiger partial charge in [0, 0.05) is 23.2 Å². The number of nitrogen functional groups attached to an aromatic ring is 1. The highest BCUT2D eigenvalue weighted by Gasteiger charge is 2.14. The Hall–Kier alpha value is -1.52. The Balaban J connectivity index is 1.81. The van der Waals surface area contributed by atoms with E-state index >= 15 is 0 Å². The van der Waals surface area contributed by atoms with Gasteiger partial charge >= 0.3 is 0 Å². The number of H-pyrrole nitrogens is 1. The zero-order valence-electron chi connectivity index (χ0n) is 10.7. The standard InChI is InChI=1S/C14H17ClN4/c15-12-7-10(13-8-14(16)18-17-13)3-4-11(12)9-19-5-1-2-6-19/h3-4,7-8H,1-2,5-6,9H2,(H3,16,17,18). The van der Waals surface area contributed by atoms with E-state index in [0.717, 1.165) is 22.8 Å². The zero-order chi connectivity index (χ0) is 13.2. The quantitative estimate of drug-likeness (QED) is 0.906. The summed E-state index contributed by atoms with van der Waals surface area (Å²) in [5.41, 5.74) is 8.70. The Bertz CT molecular complexity index is 573. The number of nitrogens with two attached hydrogens (primary N) is 1. The third kappa shape index (κ3) is 2.74. The van der Waals surface area contributed by atoms with E-state index in [4.69, 9.17) is 17.3 Å². The Kier molecular flexibility index (Phi) is 3.44. The summed E-state index contributed by atoms with van der Waals surface area (Å²) < 4.78 is 0. The van der Waals surface area contributed by atoms with Crippen LogP contribution in [0, 0.1) is 0 Å². The molecular weight excluding hydrogens is 260 g/mol. The molecule has 1 aliphatic heterocycles. The summed E-state index contributed by atoms with van der Waals surface area (Å²) in [5, 5.41) is 7.63. The summed E-state index contributed by atoms with van der Waals surface area (Å²) >= 11 is 6.37. The molecule has 0 aliphatic carbocycles. The van der Waals surface area contributed by atoms with E-state index < -0.39 is 0 Å². The lowest BCUT2D eigenvalue weighted by Crippen LogP contribution is -2.18. The number of hydrogen-bond acceptors (Lipinski definition) is 3. The monoisotopic (exact) mass is 276 g/mol. The minimum Gasteiger partial charge on any atom is -0.382 e. The lowest BCUT2D eigenvalue weighted by atomic mass is 10.1. The minimum atomic E-state index is 0.493. The SMILES string of the molecule is Nc1cc(-c2ccc(CN3CCCC3)c(Cl)c2)[nH]n1. The highest BCUT2D eigenvalue weighted by molar-refractivity contribution is 6.31. The maximum Gasteiger partial charge on any atom is 0.145 e. The van der Waals surface area contributed by atoms with Crippen molar-refractivity contribution in [1.29, 1.82) is 0 Å². The number of likely N-dealkylation sites (tertiary alicyclic amines) is 1. The van der Waals surface area contributed by atoms with Crippen LogP contribution < -0.4 is 5.73 Å². The smallest absolute Gasteiger partial charge is 0.145 e. The maximum absolute atomic E-state index is 6.37. The number of aromatic amines is 1. The van der Waals surface area contributed by atoms with Gasteiger partial charge in [-0.1, -0.05) is 23.7 Å². The first-order valence-electron chi connectivity index (χ1n) is 6.54. The molecular formula is C14H17ClN4. The van der Waals surface area contributed by atoms with Crippen molar-refractivity contribution in [2.24, 2.45) is 0 Å². The van der Waals surface area contributed by atoms with Gasteiger partial charge in [-0.3, -0.25) is 10.00 Å². The Morgan fingerprint density at radius 3 is 2.68 bits per heavy atom. The molecule has 1 fully saturated rings. The van der Waals surface area contributed by atoms with Crippen LogP contribution in [0.25, 0.3) is 11.3 Å². The first kappa shape index (κ1) is 12.5. The Labute approximate surface area is 117 Å². The molecule has 5 heteroatoms. The van der Waals surface area contributed by atoms with Crippen molar-refractivity contribution in [2.45, 2.75) is 19.4 Å². The van der Waals surface area contributed by atoms with Crippen molar-refractivity contribution in [3.8, 4) is 11.3 Å². The van der Waals surface area contributed by atoms with E-state index in [2.05, 4.69) is 27.2 Å². The molecule has 4 nitrogen and oxygen atoms in total. The second-order valence-corrected chi connectivity index (χ2v) is 5.40. The largest absolute Gasteiger partial charge is 0.382 e. The van der Waals surface area contributed by atoms with Gasteiger partial charge in [-0.05, 0) is 37.6 Å². The molecule has 0 amide bonds. The number of benzene rings is 1. The molecule has 1 aliphatic rings. The fourth-order valence-electron chi connectivity index (χ4n) is 2.51. The van der Waals surface area contributed by atoms with E-state index in [1.54, 1.807) is 0 Å². The zero-order valence-corrected chi connectivity index (χ0v) is 11.5. The number of anilines is 1. The van der Waals surface area contributed by atoms with E-state index in [9.17, 15) is 0 Å². The van der Waals surface area contributed by atoms with Crippen molar-refractivity contribution >= 4 is 17.4 Å². The van der Waals surface area contributed by atoms with Crippen molar-refractivity contribution < 1.29 is 0 Å². The van der Waals surface area contributed by atoms with Crippen LogP contribution in [0.3, 0.4) is 0 Å². The predicted molar refractivity (Wildman–Crippen MR) is 78.0 cm³/mol. The first-order chi connectivity index (χ1) is 9.22. The van der Waals surface area contributed by atoms with Gasteiger partial charge < -0.3 is 5.73 Å². The molecule has 0 atom stereocenters. The van der Waals surface area contributed by atoms with Gasteiger partial charge in [-0.2, -0.15) is 5.10 Å². The molecule has 2 heterocycles. The molecule has 0 saturated carbocycles. The van der Waals surface area contributed by atoms with Gasteiger partial charge in [-0.25, -0.2) is 0 Å². The van der Waals surface area contributed by atoms with Crippen LogP contribution in [0.15, 0.2) is 24.3 Å². The normalized spacial score (nSPS) is 16.1. The molecule has 0 spiro atoms. The van der Waals surface area contributed by atoms with E-state index in [0.29, 0.717) is 5.82 Å². The topological polar surface area (TPSA) is 57.9 Å². The Morgan fingerprint density at radius 2 is 2.05 bits per heavy atom. The third-order valence-electron chi connectivity index (χ3n) is 3.55. The lowest BCUT2D eigenvalue weighted by molar-refractivity contribution is 0.331. The summed E-state index contributed by atoms with van der Waals surface area (Å²) in [7, 11) is 0. The summed E-state index contributed by atoms with van der Waals surface area (Å²) in [6.45, 7) is 3.29. The molecule has 100 valence electrons. The fraction of sp³-hybridized carbons (Fsp3) is 0.357. The summed E-state index contributed by atoms with van der Waals surface area (Å²) in [6.07, 6.45) is 2.59. The number of aromatic nitrogens is 2. The molecule has 0 bridgehead atoms. The molecule has 1 aromatic heterocycles. The van der Waals surface area contributed by atoms with Gasteiger partial charge in [0.1, 0.15) is 5.82 Å². The van der Waals surface area contributed by atoms with Crippen LogP contribution in [0.5, 0.6) is 0 Å². The van der Waals surface area contributed by atoms with Crippen LogP contribution in [-0.2, 0) is 6.54 Å². The number of hydrogen-bond donors (Lipinski definition) is 2. The van der Waals surface area contributed by atoms with Gasteiger partial charge in [0.2, 0.25) is 0 Å². The van der Waals surface area contributed by atoms with Crippen LogP contribution in [-0.4, -0.2) is 28.2 Å². The predicted octanol–water partition coefficient (Wildman–Crippen LogP) is 2.91. The number of halogens is 1. The molecule has 1 aromatic carbocycles. The molecule has 2 aromatic rings. The van der Waals surface area contributed by atoms with Crippen LogP contribution in [0.1, 0.15) is 18.4 Å². The molecule has 3 rings (SSSR count). The average molecular weight is 277 g/mol. The lowest BCUT2D eigenvalue weighted by Gasteiger charge is -2.15. The van der Waals surface area contributed by atoms with Gasteiger partial charge in [0.15, 0.2) is 0 Å². The van der Waals surface area contributed by atoms with Crippen LogP contribution in [0.4, 0.5) is 5.82 Å². The average Bonchev–Trinajstić information content (AvgIpc) is 3.03. The number of nitrogens with zero attached hydrogens (tertiary/aromatic N) is 2. The molecule has 19 heavy (non-hydrogen) atoms. The van der Waals surface area contributed by atoms with E-state index in [-0.39, 0.29) is 0 Å². The first-order valence-corrected chi connectivity index (χ1v) is 6.92. The van der Waals surface area contributed by atoms with E-state index in [1.165, 1.54) is 31.5 Å². The van der Waals surface area contributed by atoms with E-state index in [1.807, 2.05) is 12.1 Å². The van der Waals surface area contributed by atoms with Crippen molar-refractivity contribution in [2.75, 3.05) is 18.8 Å². The minimum absolute atomic E-state index is 0.493. The summed E-state index contributed by atoms with van der Waals surface area (Å²) in [4.78, 5) is 2.44. The van der Waals surface area contributed by atoms with Crippen LogP contribution >= 0.6 is 11.6 Å². The summed E-state index contributed by atoms with van der Waals surface area (Å²) in [5.74, 6) is 0.493. The van der Waals surface area contributed by atoms with Gasteiger partial charge in [0.05, 0.1) is 5.69 Å². The molecule has 0 radical (unpaired) electrons. The summed E-state index contributed by atoms with van der Waals surface area (Å²) in [6, 6.07) is 7.93. The number of rotatable bonds is 3. The van der Waals surface area contributed by atoms with Gasteiger partial charge in [-0.15, -0.1) is 0 Å².